The smallest absolute Gasteiger partial charge is 0.243 e. The average Bonchev–Trinajstić information content (AvgIpc) is 3.07. The number of sulfonamides is 1. The molecule has 1 atom stereocenters. The van der Waals surface area contributed by atoms with E-state index in [4.69, 9.17) is 0 Å². The predicted molar refractivity (Wildman–Crippen MR) is 82.5 cm³/mol. The van der Waals surface area contributed by atoms with Gasteiger partial charge in [0.05, 0.1) is 12.7 Å². The maximum Gasteiger partial charge on any atom is 0.243 e. The summed E-state index contributed by atoms with van der Waals surface area (Å²) in [4.78, 5) is 0.251. The van der Waals surface area contributed by atoms with E-state index in [1.807, 2.05) is 6.92 Å². The van der Waals surface area contributed by atoms with Crippen molar-refractivity contribution < 1.29 is 8.42 Å². The van der Waals surface area contributed by atoms with Crippen LogP contribution in [-0.4, -0.2) is 37.3 Å². The molecular weight excluding hydrogens is 288 g/mol. The first-order chi connectivity index (χ1) is 10.0. The minimum Gasteiger partial charge on any atom is -0.315 e. The number of nitrogens with one attached hydrogen (secondary N) is 2. The molecule has 1 aromatic heterocycles. The highest BCUT2D eigenvalue weighted by molar-refractivity contribution is 7.89. The van der Waals surface area contributed by atoms with Crippen molar-refractivity contribution in [3.63, 3.8) is 0 Å². The lowest BCUT2D eigenvalue weighted by molar-refractivity contribution is 0.529. The van der Waals surface area contributed by atoms with E-state index in [1.165, 1.54) is 19.0 Å². The molecule has 0 aromatic carbocycles. The van der Waals surface area contributed by atoms with Gasteiger partial charge in [-0.2, -0.15) is 5.10 Å². The van der Waals surface area contributed by atoms with Gasteiger partial charge >= 0.3 is 0 Å². The molecule has 1 aromatic rings. The van der Waals surface area contributed by atoms with Crippen molar-refractivity contribution >= 4 is 10.0 Å². The molecule has 0 amide bonds. The van der Waals surface area contributed by atoms with Crippen molar-refractivity contribution in [2.24, 2.45) is 5.92 Å². The zero-order valence-corrected chi connectivity index (χ0v) is 13.7. The monoisotopic (exact) mass is 314 g/mol. The summed E-state index contributed by atoms with van der Waals surface area (Å²) in [5.74, 6) is 0.704. The van der Waals surface area contributed by atoms with Crippen molar-refractivity contribution in [3.05, 3.63) is 12.4 Å². The molecule has 0 spiro atoms. The van der Waals surface area contributed by atoms with Gasteiger partial charge in [0.1, 0.15) is 4.90 Å². The van der Waals surface area contributed by atoms with E-state index in [1.54, 1.807) is 10.9 Å². The Hall–Kier alpha value is -0.920. The Morgan fingerprint density at radius 1 is 1.43 bits per heavy atom. The quantitative estimate of drug-likeness (QED) is 0.639. The van der Waals surface area contributed by atoms with Crippen LogP contribution in [0.25, 0.3) is 0 Å². The summed E-state index contributed by atoms with van der Waals surface area (Å²) >= 11 is 0. The second kappa shape index (κ2) is 7.38. The first kappa shape index (κ1) is 16.5. The SMILES string of the molecule is CCCNCCn1cc(S(=O)(=O)NC(C)CC2CC2)cn1. The minimum atomic E-state index is -3.45. The molecule has 0 bridgehead atoms. The molecule has 0 saturated heterocycles. The van der Waals surface area contributed by atoms with Gasteiger partial charge in [0, 0.05) is 18.8 Å². The van der Waals surface area contributed by atoms with Gasteiger partial charge < -0.3 is 5.32 Å². The highest BCUT2D eigenvalue weighted by atomic mass is 32.2. The van der Waals surface area contributed by atoms with Crippen LogP contribution in [0.4, 0.5) is 0 Å². The topological polar surface area (TPSA) is 76.0 Å². The third-order valence-electron chi connectivity index (χ3n) is 3.60. The molecule has 120 valence electrons. The summed E-state index contributed by atoms with van der Waals surface area (Å²) in [7, 11) is -3.45. The normalized spacial score (nSPS) is 17.0. The number of aromatic nitrogens is 2. The highest BCUT2D eigenvalue weighted by Gasteiger charge is 2.26. The molecule has 1 aliphatic rings. The van der Waals surface area contributed by atoms with E-state index in [9.17, 15) is 8.42 Å². The Labute approximate surface area is 127 Å². The third kappa shape index (κ3) is 5.41. The van der Waals surface area contributed by atoms with Crippen LogP contribution >= 0.6 is 0 Å². The van der Waals surface area contributed by atoms with Crippen molar-refractivity contribution in [2.45, 2.75) is 57.0 Å². The van der Waals surface area contributed by atoms with Crippen molar-refractivity contribution in [2.75, 3.05) is 13.1 Å². The fourth-order valence-corrected chi connectivity index (χ4v) is 3.54. The molecule has 1 saturated carbocycles. The number of nitrogens with zero attached hydrogens (tertiary/aromatic N) is 2. The van der Waals surface area contributed by atoms with E-state index >= 15 is 0 Å². The van der Waals surface area contributed by atoms with Gasteiger partial charge in [0.2, 0.25) is 10.0 Å². The van der Waals surface area contributed by atoms with Crippen molar-refractivity contribution in [3.8, 4) is 0 Å². The summed E-state index contributed by atoms with van der Waals surface area (Å²) in [6, 6.07) is -0.0166. The molecular formula is C14H26N4O2S. The summed E-state index contributed by atoms with van der Waals surface area (Å²) in [5, 5.41) is 7.38. The van der Waals surface area contributed by atoms with Crippen LogP contribution in [0.2, 0.25) is 0 Å². The molecule has 1 aliphatic carbocycles. The van der Waals surface area contributed by atoms with Crippen LogP contribution < -0.4 is 10.0 Å². The molecule has 1 fully saturated rings. The van der Waals surface area contributed by atoms with E-state index in [-0.39, 0.29) is 10.9 Å². The third-order valence-corrected chi connectivity index (χ3v) is 5.15. The molecule has 1 heterocycles. The molecule has 1 unspecified atom stereocenters. The first-order valence-corrected chi connectivity index (χ1v) is 9.25. The largest absolute Gasteiger partial charge is 0.315 e. The second-order valence-corrected chi connectivity index (χ2v) is 7.60. The summed E-state index contributed by atoms with van der Waals surface area (Å²) in [6.45, 7) is 6.47. The predicted octanol–water partition coefficient (Wildman–Crippen LogP) is 1.35. The summed E-state index contributed by atoms with van der Waals surface area (Å²) < 4.78 is 28.9. The lowest BCUT2D eigenvalue weighted by Gasteiger charge is -2.12. The van der Waals surface area contributed by atoms with Crippen LogP contribution in [0.1, 0.15) is 39.5 Å². The van der Waals surface area contributed by atoms with Crippen LogP contribution in [0, 0.1) is 5.92 Å². The molecule has 2 N–H and O–H groups in total. The van der Waals surface area contributed by atoms with E-state index < -0.39 is 10.0 Å². The lowest BCUT2D eigenvalue weighted by atomic mass is 10.2. The van der Waals surface area contributed by atoms with Gasteiger partial charge in [-0.25, -0.2) is 13.1 Å². The number of rotatable bonds is 10. The van der Waals surface area contributed by atoms with Crippen LogP contribution in [0.3, 0.4) is 0 Å². The van der Waals surface area contributed by atoms with E-state index in [0.29, 0.717) is 12.5 Å². The zero-order valence-electron chi connectivity index (χ0n) is 12.9. The van der Waals surface area contributed by atoms with Gasteiger partial charge in [0.15, 0.2) is 0 Å². The molecule has 21 heavy (non-hydrogen) atoms. The first-order valence-electron chi connectivity index (χ1n) is 7.76. The van der Waals surface area contributed by atoms with Crippen LogP contribution in [0.15, 0.2) is 17.3 Å². The standard InChI is InChI=1S/C14H26N4O2S/c1-3-6-15-7-8-18-11-14(10-16-18)21(19,20)17-12(2)9-13-4-5-13/h10-13,15,17H,3-9H2,1-2H3. The summed E-state index contributed by atoms with van der Waals surface area (Å²) in [6.07, 6.45) is 7.49. The Balaban J connectivity index is 1.85. The Kier molecular flexibility index (Phi) is 5.78. The Morgan fingerprint density at radius 2 is 2.19 bits per heavy atom. The maximum absolute atomic E-state index is 12.3. The van der Waals surface area contributed by atoms with Gasteiger partial charge in [-0.3, -0.25) is 4.68 Å². The number of hydrogen-bond donors (Lipinski definition) is 2. The zero-order chi connectivity index (χ0) is 15.3. The molecule has 7 heteroatoms. The van der Waals surface area contributed by atoms with Gasteiger partial charge in [-0.15, -0.1) is 0 Å². The van der Waals surface area contributed by atoms with Crippen LogP contribution in [-0.2, 0) is 16.6 Å². The van der Waals surface area contributed by atoms with Crippen molar-refractivity contribution in [1.29, 1.82) is 0 Å². The Morgan fingerprint density at radius 3 is 2.86 bits per heavy atom. The van der Waals surface area contributed by atoms with Crippen molar-refractivity contribution in [1.82, 2.24) is 19.8 Å². The van der Waals surface area contributed by atoms with E-state index in [0.717, 1.165) is 25.9 Å². The summed E-state index contributed by atoms with van der Waals surface area (Å²) in [5.41, 5.74) is 0. The lowest BCUT2D eigenvalue weighted by Crippen LogP contribution is -2.32. The van der Waals surface area contributed by atoms with E-state index in [2.05, 4.69) is 22.1 Å². The number of hydrogen-bond acceptors (Lipinski definition) is 4. The van der Waals surface area contributed by atoms with Gasteiger partial charge in [-0.05, 0) is 32.2 Å². The fraction of sp³-hybridized carbons (Fsp3) is 0.786. The molecule has 0 radical (unpaired) electrons. The maximum atomic E-state index is 12.3. The fourth-order valence-electron chi connectivity index (χ4n) is 2.34. The minimum absolute atomic E-state index is 0.0166. The second-order valence-electron chi connectivity index (χ2n) is 5.89. The average molecular weight is 314 g/mol. The van der Waals surface area contributed by atoms with Crippen LogP contribution in [0.5, 0.6) is 0 Å². The highest BCUT2D eigenvalue weighted by Crippen LogP contribution is 2.33. The van der Waals surface area contributed by atoms with Gasteiger partial charge in [-0.1, -0.05) is 19.8 Å². The molecule has 6 nitrogen and oxygen atoms in total. The van der Waals surface area contributed by atoms with Gasteiger partial charge in [0.25, 0.3) is 0 Å². The molecule has 2 rings (SSSR count). The Bertz CT molecular complexity index is 537. The molecule has 0 aliphatic heterocycles.